The van der Waals surface area contributed by atoms with Gasteiger partial charge in [0.2, 0.25) is 6.71 Å². The van der Waals surface area contributed by atoms with Crippen LogP contribution < -0.4 is 47.5 Å². The van der Waals surface area contributed by atoms with E-state index in [0.717, 1.165) is 28.4 Å². The van der Waals surface area contributed by atoms with Crippen molar-refractivity contribution in [1.29, 1.82) is 0 Å². The number of hydrogen-bond donors (Lipinski definition) is 0. The van der Waals surface area contributed by atoms with Crippen LogP contribution in [0.2, 0.25) is 0 Å². The highest BCUT2D eigenvalue weighted by molar-refractivity contribution is 7.06. The fourth-order valence-corrected chi connectivity index (χ4v) is 13.0. The minimum atomic E-state index is -0.0627. The Balaban J connectivity index is 1.23. The van der Waals surface area contributed by atoms with Crippen molar-refractivity contribution < 1.29 is 0 Å². The molecule has 0 radical (unpaired) electrons. The van der Waals surface area contributed by atoms with Gasteiger partial charge in [0.1, 0.15) is 0 Å². The van der Waals surface area contributed by atoms with Crippen molar-refractivity contribution >= 4 is 97.4 Å². The number of fused-ring (bicyclic) bond motifs is 10. The van der Waals surface area contributed by atoms with Gasteiger partial charge in [-0.05, 0) is 155 Å². The predicted molar refractivity (Wildman–Crippen MR) is 325 cm³/mol. The second kappa shape index (κ2) is 16.5. The number of anilines is 9. The van der Waals surface area contributed by atoms with Crippen LogP contribution in [0.15, 0.2) is 188 Å². The SMILES string of the molecule is CC(C)(C)c1ccc(N(c2ccc(C(C)(C)C)cc2)c2cc3c4c(c2N(c2ccc(C(C)(C)C)cc2)c2ccc(C(C)(C)C)cc2)B2c5ccccc5-c5cccc(c52)N4c2cccc4c2B3c2ccccc2-4)cc1. The van der Waals surface area contributed by atoms with Crippen LogP contribution >= 0.6 is 0 Å². The third kappa shape index (κ3) is 7.32. The number of rotatable bonds is 6. The van der Waals surface area contributed by atoms with Gasteiger partial charge in [0.25, 0.3) is 6.71 Å². The molecule has 5 heteroatoms. The number of nitrogens with zero attached hydrogens (tertiary/aromatic N) is 3. The fourth-order valence-electron chi connectivity index (χ4n) is 13.0. The molecule has 9 aromatic carbocycles. The van der Waals surface area contributed by atoms with Gasteiger partial charge in [-0.3, -0.25) is 0 Å². The molecule has 13 rings (SSSR count). The minimum absolute atomic E-state index is 0.0144. The number of benzene rings is 9. The molecule has 4 aliphatic heterocycles. The first-order valence-electron chi connectivity index (χ1n) is 27.3. The molecule has 0 aromatic heterocycles. The summed E-state index contributed by atoms with van der Waals surface area (Å²) in [6.07, 6.45) is 0. The zero-order chi connectivity index (χ0) is 52.1. The Bertz CT molecular complexity index is 3620. The summed E-state index contributed by atoms with van der Waals surface area (Å²) in [7, 11) is 0. The van der Waals surface area contributed by atoms with E-state index in [0.29, 0.717) is 0 Å². The van der Waals surface area contributed by atoms with E-state index in [2.05, 4.69) is 286 Å². The molecule has 0 atom stereocenters. The quantitative estimate of drug-likeness (QED) is 0.154. The molecular formula is C70H67B2N3. The summed E-state index contributed by atoms with van der Waals surface area (Å²) in [5.74, 6) is 0. The van der Waals surface area contributed by atoms with E-state index in [4.69, 9.17) is 0 Å². The van der Waals surface area contributed by atoms with Gasteiger partial charge in [0.05, 0.1) is 11.4 Å². The van der Waals surface area contributed by atoms with Crippen LogP contribution in [0.25, 0.3) is 22.3 Å². The lowest BCUT2D eigenvalue weighted by Gasteiger charge is -2.46. The van der Waals surface area contributed by atoms with Gasteiger partial charge in [-0.1, -0.05) is 215 Å². The van der Waals surface area contributed by atoms with Gasteiger partial charge in [-0.25, -0.2) is 0 Å². The fraction of sp³-hybridized carbons (Fsp3) is 0.229. The summed E-state index contributed by atoms with van der Waals surface area (Å²) >= 11 is 0. The molecule has 0 saturated heterocycles. The summed E-state index contributed by atoms with van der Waals surface area (Å²) in [6.45, 7) is 27.7. The van der Waals surface area contributed by atoms with E-state index in [1.807, 2.05) is 0 Å². The van der Waals surface area contributed by atoms with Crippen molar-refractivity contribution in [1.82, 2.24) is 0 Å². The lowest BCUT2D eigenvalue weighted by molar-refractivity contribution is 0.590. The van der Waals surface area contributed by atoms with Crippen LogP contribution in [-0.4, -0.2) is 13.4 Å². The van der Waals surface area contributed by atoms with E-state index >= 15 is 0 Å². The lowest BCUT2D eigenvalue weighted by Crippen LogP contribution is -2.63. The summed E-state index contributed by atoms with van der Waals surface area (Å²) in [5, 5.41) is 0. The molecule has 0 bridgehead atoms. The maximum Gasteiger partial charge on any atom is 0.251 e. The Morgan fingerprint density at radius 2 is 0.667 bits per heavy atom. The molecule has 0 amide bonds. The average molecular weight is 972 g/mol. The first-order chi connectivity index (χ1) is 35.8. The molecule has 368 valence electrons. The molecule has 0 unspecified atom stereocenters. The molecule has 0 fully saturated rings. The molecule has 4 aliphatic rings. The highest BCUT2D eigenvalue weighted by Crippen LogP contribution is 2.52. The second-order valence-electron chi connectivity index (χ2n) is 25.8. The molecule has 3 nitrogen and oxygen atoms in total. The van der Waals surface area contributed by atoms with Crippen molar-refractivity contribution in [2.24, 2.45) is 0 Å². The Morgan fingerprint density at radius 1 is 0.320 bits per heavy atom. The van der Waals surface area contributed by atoms with Gasteiger partial charge in [0.15, 0.2) is 0 Å². The van der Waals surface area contributed by atoms with Crippen LogP contribution in [0.4, 0.5) is 51.2 Å². The normalized spacial score (nSPS) is 13.8. The maximum absolute atomic E-state index is 2.69. The molecule has 4 heterocycles. The van der Waals surface area contributed by atoms with Crippen molar-refractivity contribution in [2.75, 3.05) is 14.7 Å². The third-order valence-corrected chi connectivity index (χ3v) is 16.9. The topological polar surface area (TPSA) is 9.72 Å². The summed E-state index contributed by atoms with van der Waals surface area (Å²) in [5.41, 5.74) is 29.3. The van der Waals surface area contributed by atoms with Gasteiger partial charge >= 0.3 is 0 Å². The second-order valence-corrected chi connectivity index (χ2v) is 25.8. The molecule has 0 saturated carbocycles. The van der Waals surface area contributed by atoms with E-state index in [1.165, 1.54) is 100 Å². The predicted octanol–water partition coefficient (Wildman–Crippen LogP) is 14.9. The van der Waals surface area contributed by atoms with Crippen LogP contribution in [0, 0.1) is 0 Å². The van der Waals surface area contributed by atoms with Crippen LogP contribution in [0.3, 0.4) is 0 Å². The van der Waals surface area contributed by atoms with E-state index < -0.39 is 0 Å². The molecular weight excluding hydrogens is 904 g/mol. The maximum atomic E-state index is 2.69. The smallest absolute Gasteiger partial charge is 0.251 e. The summed E-state index contributed by atoms with van der Waals surface area (Å²) in [6, 6.07) is 73.1. The zero-order valence-corrected chi connectivity index (χ0v) is 45.9. The Kier molecular flexibility index (Phi) is 10.4. The van der Waals surface area contributed by atoms with Crippen LogP contribution in [-0.2, 0) is 21.7 Å². The summed E-state index contributed by atoms with van der Waals surface area (Å²) < 4.78 is 0. The minimum Gasteiger partial charge on any atom is -0.312 e. The first-order valence-corrected chi connectivity index (χ1v) is 27.3. The largest absolute Gasteiger partial charge is 0.312 e. The molecule has 0 aliphatic carbocycles. The molecule has 0 N–H and O–H groups in total. The zero-order valence-electron chi connectivity index (χ0n) is 45.9. The Morgan fingerprint density at radius 3 is 1.07 bits per heavy atom. The van der Waals surface area contributed by atoms with Crippen molar-refractivity contribution in [3.8, 4) is 22.3 Å². The number of hydrogen-bond acceptors (Lipinski definition) is 3. The van der Waals surface area contributed by atoms with Gasteiger partial charge in [0, 0.05) is 39.8 Å². The Labute approximate surface area is 447 Å². The monoisotopic (exact) mass is 972 g/mol. The molecule has 9 aromatic rings. The highest BCUT2D eigenvalue weighted by atomic mass is 15.2. The van der Waals surface area contributed by atoms with Crippen molar-refractivity contribution in [3.63, 3.8) is 0 Å². The van der Waals surface area contributed by atoms with Gasteiger partial charge in [-0.2, -0.15) is 0 Å². The van der Waals surface area contributed by atoms with E-state index in [1.54, 1.807) is 0 Å². The lowest BCUT2D eigenvalue weighted by atomic mass is 9.32. The van der Waals surface area contributed by atoms with Gasteiger partial charge < -0.3 is 14.7 Å². The van der Waals surface area contributed by atoms with Gasteiger partial charge in [-0.15, -0.1) is 0 Å². The highest BCUT2D eigenvalue weighted by Gasteiger charge is 2.52. The molecule has 0 spiro atoms. The van der Waals surface area contributed by atoms with Crippen LogP contribution in [0.5, 0.6) is 0 Å². The third-order valence-electron chi connectivity index (χ3n) is 16.9. The van der Waals surface area contributed by atoms with Crippen molar-refractivity contribution in [2.45, 2.75) is 105 Å². The first kappa shape index (κ1) is 47.2. The standard InChI is InChI=1S/C70H67B2N3/c1-67(2,3)44-27-35-48(36-28-44)73(49-37-29-45(30-38-49)68(4,5)6)61-43-58-65-64(66(61)74(50-39-31-46(32-40-50)69(7,8)9)51-41-33-47(34-42-51)70(10,11)12)72-57-24-16-14-20-53(57)55-22-18-26-60(63(55)72)75(65)59-25-17-21-54-52-19-13-15-23-56(52)71(58)62(54)59/h13-43H,1-12H3. The molecule has 75 heavy (non-hydrogen) atoms. The van der Waals surface area contributed by atoms with E-state index in [9.17, 15) is 0 Å². The van der Waals surface area contributed by atoms with Crippen LogP contribution in [0.1, 0.15) is 105 Å². The van der Waals surface area contributed by atoms with E-state index in [-0.39, 0.29) is 35.1 Å². The summed E-state index contributed by atoms with van der Waals surface area (Å²) in [4.78, 5) is 7.91. The van der Waals surface area contributed by atoms with Crippen molar-refractivity contribution in [3.05, 3.63) is 210 Å². The average Bonchev–Trinajstić information content (AvgIpc) is 3.99. The Hall–Kier alpha value is -7.49.